The topological polar surface area (TPSA) is 29.1 Å². The van der Waals surface area contributed by atoms with Gasteiger partial charge in [0.1, 0.15) is 5.78 Å². The average Bonchev–Trinajstić information content (AvgIpc) is 2.84. The molecule has 1 aromatic carbocycles. The van der Waals surface area contributed by atoms with Gasteiger partial charge < -0.3 is 5.32 Å². The van der Waals surface area contributed by atoms with E-state index in [1.54, 1.807) is 0 Å². The summed E-state index contributed by atoms with van der Waals surface area (Å²) in [7, 11) is 0. The maximum absolute atomic E-state index is 12.8. The van der Waals surface area contributed by atoms with E-state index in [4.69, 9.17) is 0 Å². The van der Waals surface area contributed by atoms with Gasteiger partial charge in [-0.2, -0.15) is 0 Å². The van der Waals surface area contributed by atoms with Gasteiger partial charge in [-0.15, -0.1) is 0 Å². The molecule has 1 atom stereocenters. The highest BCUT2D eigenvalue weighted by atomic mass is 16.1. The largest absolute Gasteiger partial charge is 0.316 e. The molecule has 1 aliphatic rings. The Morgan fingerprint density at radius 3 is 2.79 bits per heavy atom. The van der Waals surface area contributed by atoms with Crippen LogP contribution in [0.15, 0.2) is 18.2 Å². The van der Waals surface area contributed by atoms with Crippen LogP contribution < -0.4 is 5.32 Å². The first-order valence-electron chi connectivity index (χ1n) is 7.37. The van der Waals surface area contributed by atoms with Gasteiger partial charge in [0, 0.05) is 18.4 Å². The third kappa shape index (κ3) is 3.06. The summed E-state index contributed by atoms with van der Waals surface area (Å²) in [5, 5.41) is 3.37. The standard InChI is InChI=1S/C17H25NO/c1-4-7-17(8-9-18-12-17)16(19)11-15-10-13(2)5-6-14(15)3/h5-6,10,18H,4,7-9,11-12H2,1-3H3. The molecular formula is C17H25NO. The molecule has 104 valence electrons. The Balaban J connectivity index is 2.17. The zero-order chi connectivity index (χ0) is 13.9. The number of carbonyl (C=O) groups excluding carboxylic acids is 1. The predicted octanol–water partition coefficient (Wildman–Crippen LogP) is 3.19. The highest BCUT2D eigenvalue weighted by molar-refractivity contribution is 5.87. The Morgan fingerprint density at radius 2 is 2.16 bits per heavy atom. The SMILES string of the molecule is CCCC1(C(=O)Cc2cc(C)ccc2C)CCNC1. The van der Waals surface area contributed by atoms with Crippen molar-refractivity contribution in [2.75, 3.05) is 13.1 Å². The van der Waals surface area contributed by atoms with E-state index in [0.29, 0.717) is 12.2 Å². The normalized spacial score (nSPS) is 22.7. The molecule has 0 bridgehead atoms. The second-order valence-electron chi connectivity index (χ2n) is 5.99. The van der Waals surface area contributed by atoms with Crippen LogP contribution in [-0.4, -0.2) is 18.9 Å². The maximum Gasteiger partial charge on any atom is 0.144 e. The van der Waals surface area contributed by atoms with Crippen LogP contribution >= 0.6 is 0 Å². The molecule has 0 radical (unpaired) electrons. The number of hydrogen-bond donors (Lipinski definition) is 1. The van der Waals surface area contributed by atoms with Crippen LogP contribution in [0, 0.1) is 19.3 Å². The van der Waals surface area contributed by atoms with Gasteiger partial charge in [-0.1, -0.05) is 37.1 Å². The summed E-state index contributed by atoms with van der Waals surface area (Å²) in [6.07, 6.45) is 3.70. The molecule has 0 spiro atoms. The summed E-state index contributed by atoms with van der Waals surface area (Å²) in [5.41, 5.74) is 3.57. The first-order valence-corrected chi connectivity index (χ1v) is 7.37. The van der Waals surface area contributed by atoms with E-state index in [-0.39, 0.29) is 5.41 Å². The lowest BCUT2D eigenvalue weighted by Gasteiger charge is -2.26. The molecule has 1 heterocycles. The van der Waals surface area contributed by atoms with Crippen molar-refractivity contribution >= 4 is 5.78 Å². The molecule has 1 aromatic rings. The number of rotatable bonds is 5. The van der Waals surface area contributed by atoms with Crippen LogP contribution in [0.25, 0.3) is 0 Å². The second-order valence-corrected chi connectivity index (χ2v) is 5.99. The minimum Gasteiger partial charge on any atom is -0.316 e. The highest BCUT2D eigenvalue weighted by Crippen LogP contribution is 2.33. The molecule has 1 aliphatic heterocycles. The quantitative estimate of drug-likeness (QED) is 0.880. The Morgan fingerprint density at radius 1 is 1.37 bits per heavy atom. The van der Waals surface area contributed by atoms with Crippen molar-refractivity contribution in [1.29, 1.82) is 0 Å². The third-order valence-corrected chi connectivity index (χ3v) is 4.42. The minimum atomic E-state index is -0.106. The van der Waals surface area contributed by atoms with Crippen LogP contribution in [0.2, 0.25) is 0 Å². The Labute approximate surface area is 116 Å². The van der Waals surface area contributed by atoms with Gasteiger partial charge in [0.05, 0.1) is 0 Å². The molecule has 1 fully saturated rings. The molecule has 1 unspecified atom stereocenters. The molecule has 1 saturated heterocycles. The number of ketones is 1. The minimum absolute atomic E-state index is 0.106. The number of carbonyl (C=O) groups is 1. The molecule has 0 saturated carbocycles. The fraction of sp³-hybridized carbons (Fsp3) is 0.588. The third-order valence-electron chi connectivity index (χ3n) is 4.42. The van der Waals surface area contributed by atoms with Gasteiger partial charge in [-0.3, -0.25) is 4.79 Å². The smallest absolute Gasteiger partial charge is 0.144 e. The van der Waals surface area contributed by atoms with Crippen LogP contribution in [0.4, 0.5) is 0 Å². The second kappa shape index (κ2) is 5.87. The lowest BCUT2D eigenvalue weighted by atomic mass is 9.76. The number of hydrogen-bond acceptors (Lipinski definition) is 2. The molecule has 0 aromatic heterocycles. The zero-order valence-corrected chi connectivity index (χ0v) is 12.4. The van der Waals surface area contributed by atoms with Crippen LogP contribution in [-0.2, 0) is 11.2 Å². The van der Waals surface area contributed by atoms with E-state index in [9.17, 15) is 4.79 Å². The van der Waals surface area contributed by atoms with Crippen molar-refractivity contribution in [3.63, 3.8) is 0 Å². The van der Waals surface area contributed by atoms with E-state index >= 15 is 0 Å². The Kier molecular flexibility index (Phi) is 4.41. The Hall–Kier alpha value is -1.15. The molecule has 19 heavy (non-hydrogen) atoms. The molecule has 2 nitrogen and oxygen atoms in total. The van der Waals surface area contributed by atoms with E-state index in [1.165, 1.54) is 16.7 Å². The van der Waals surface area contributed by atoms with Gasteiger partial charge in [0.25, 0.3) is 0 Å². The lowest BCUT2D eigenvalue weighted by molar-refractivity contribution is -0.127. The van der Waals surface area contributed by atoms with Gasteiger partial charge in [0.2, 0.25) is 0 Å². The molecule has 0 amide bonds. The zero-order valence-electron chi connectivity index (χ0n) is 12.4. The van der Waals surface area contributed by atoms with Gasteiger partial charge in [-0.05, 0) is 44.4 Å². The summed E-state index contributed by atoms with van der Waals surface area (Å²) in [4.78, 5) is 12.8. The van der Waals surface area contributed by atoms with Crippen molar-refractivity contribution in [3.8, 4) is 0 Å². The number of nitrogens with one attached hydrogen (secondary N) is 1. The van der Waals surface area contributed by atoms with Crippen molar-refractivity contribution in [3.05, 3.63) is 34.9 Å². The summed E-state index contributed by atoms with van der Waals surface area (Å²) in [6, 6.07) is 6.40. The summed E-state index contributed by atoms with van der Waals surface area (Å²) >= 11 is 0. The van der Waals surface area contributed by atoms with Gasteiger partial charge in [0.15, 0.2) is 0 Å². The van der Waals surface area contributed by atoms with Gasteiger partial charge >= 0.3 is 0 Å². The molecule has 2 rings (SSSR count). The van der Waals surface area contributed by atoms with Crippen molar-refractivity contribution in [2.24, 2.45) is 5.41 Å². The summed E-state index contributed by atoms with van der Waals surface area (Å²) < 4.78 is 0. The van der Waals surface area contributed by atoms with Crippen molar-refractivity contribution in [1.82, 2.24) is 5.32 Å². The summed E-state index contributed by atoms with van der Waals surface area (Å²) in [5.74, 6) is 0.424. The fourth-order valence-electron chi connectivity index (χ4n) is 3.16. The number of benzene rings is 1. The van der Waals surface area contributed by atoms with Crippen LogP contribution in [0.3, 0.4) is 0 Å². The highest BCUT2D eigenvalue weighted by Gasteiger charge is 2.39. The first-order chi connectivity index (χ1) is 9.07. The molecule has 1 N–H and O–H groups in total. The van der Waals surface area contributed by atoms with E-state index in [2.05, 4.69) is 44.3 Å². The van der Waals surface area contributed by atoms with Crippen molar-refractivity contribution < 1.29 is 4.79 Å². The van der Waals surface area contributed by atoms with E-state index in [1.807, 2.05) is 0 Å². The van der Waals surface area contributed by atoms with Crippen LogP contribution in [0.5, 0.6) is 0 Å². The maximum atomic E-state index is 12.8. The summed E-state index contributed by atoms with van der Waals surface area (Å²) in [6.45, 7) is 8.21. The van der Waals surface area contributed by atoms with E-state index < -0.39 is 0 Å². The molecular weight excluding hydrogens is 234 g/mol. The predicted molar refractivity (Wildman–Crippen MR) is 79.5 cm³/mol. The van der Waals surface area contributed by atoms with Crippen LogP contribution in [0.1, 0.15) is 42.9 Å². The lowest BCUT2D eigenvalue weighted by Crippen LogP contribution is -2.34. The molecule has 0 aliphatic carbocycles. The van der Waals surface area contributed by atoms with E-state index in [0.717, 1.165) is 32.4 Å². The number of aryl methyl sites for hydroxylation is 2. The van der Waals surface area contributed by atoms with Crippen molar-refractivity contribution in [2.45, 2.75) is 46.5 Å². The monoisotopic (exact) mass is 259 g/mol. The Bertz CT molecular complexity index is 458. The fourth-order valence-corrected chi connectivity index (χ4v) is 3.16. The molecule has 2 heteroatoms. The first kappa shape index (κ1) is 14.3. The average molecular weight is 259 g/mol. The van der Waals surface area contributed by atoms with Gasteiger partial charge in [-0.25, -0.2) is 0 Å². The number of Topliss-reactive ketones (excluding diaryl/α,β-unsaturated/α-hetero) is 1.